The number of hydrogen-bond donors (Lipinski definition) is 2. The molecule has 0 bridgehead atoms. The van der Waals surface area contributed by atoms with Crippen LogP contribution in [0.3, 0.4) is 0 Å². The monoisotopic (exact) mass is 347 g/mol. The van der Waals surface area contributed by atoms with Crippen molar-refractivity contribution in [1.82, 2.24) is 10.2 Å². The Morgan fingerprint density at radius 3 is 2.28 bits per heavy atom. The molecule has 0 saturated heterocycles. The lowest BCUT2D eigenvalue weighted by Gasteiger charge is -2.24. The van der Waals surface area contributed by atoms with Gasteiger partial charge in [-0.2, -0.15) is 0 Å². The first-order valence-electron chi connectivity index (χ1n) is 8.79. The largest absolute Gasteiger partial charge is 0.345 e. The first kappa shape index (κ1) is 20.7. The summed E-state index contributed by atoms with van der Waals surface area (Å²) in [6.07, 6.45) is 1.52. The normalized spacial score (nSPS) is 11.5. The summed E-state index contributed by atoms with van der Waals surface area (Å²) in [5.41, 5.74) is 1.79. The van der Waals surface area contributed by atoms with Crippen molar-refractivity contribution in [3.8, 4) is 0 Å². The molecule has 0 aliphatic rings. The van der Waals surface area contributed by atoms with E-state index in [1.54, 1.807) is 4.90 Å². The Bertz CT molecular complexity index is 584. The Morgan fingerprint density at radius 1 is 1.08 bits per heavy atom. The van der Waals surface area contributed by atoms with Gasteiger partial charge in [-0.1, -0.05) is 38.5 Å². The molecule has 1 aromatic rings. The fourth-order valence-electron chi connectivity index (χ4n) is 2.27. The van der Waals surface area contributed by atoms with Crippen molar-refractivity contribution < 1.29 is 14.4 Å². The number of carbonyl (C=O) groups excluding carboxylic acids is 3. The van der Waals surface area contributed by atoms with Crippen molar-refractivity contribution >= 4 is 23.4 Å². The number of carbonyl (C=O) groups is 3. The van der Waals surface area contributed by atoms with Crippen molar-refractivity contribution in [2.45, 2.75) is 40.5 Å². The topological polar surface area (TPSA) is 78.5 Å². The lowest BCUT2D eigenvalue weighted by atomic mass is 10.1. The van der Waals surface area contributed by atoms with Crippen LogP contribution < -0.4 is 10.6 Å². The minimum absolute atomic E-state index is 0.0190. The van der Waals surface area contributed by atoms with Crippen molar-refractivity contribution in [3.63, 3.8) is 0 Å². The number of amides is 3. The third-order valence-corrected chi connectivity index (χ3v) is 3.96. The predicted molar refractivity (Wildman–Crippen MR) is 99.1 cm³/mol. The van der Waals surface area contributed by atoms with Gasteiger partial charge < -0.3 is 15.5 Å². The van der Waals surface area contributed by atoms with Crippen LogP contribution in [0.5, 0.6) is 0 Å². The van der Waals surface area contributed by atoms with Crippen LogP contribution in [0.2, 0.25) is 0 Å². The lowest BCUT2D eigenvalue weighted by Crippen LogP contribution is -2.44. The number of anilines is 1. The van der Waals surface area contributed by atoms with Crippen molar-refractivity contribution in [2.75, 3.05) is 25.0 Å². The summed E-state index contributed by atoms with van der Waals surface area (Å²) in [5.74, 6) is -0.760. The van der Waals surface area contributed by atoms with E-state index in [0.29, 0.717) is 12.2 Å². The average Bonchev–Trinajstić information content (AvgIpc) is 2.60. The number of nitrogens with one attached hydrogen (secondary N) is 2. The van der Waals surface area contributed by atoms with Gasteiger partial charge in [0.05, 0.1) is 13.1 Å². The molecule has 0 aromatic heterocycles. The van der Waals surface area contributed by atoms with Gasteiger partial charge in [0.15, 0.2) is 0 Å². The van der Waals surface area contributed by atoms with Gasteiger partial charge in [0, 0.05) is 18.2 Å². The van der Waals surface area contributed by atoms with Crippen LogP contribution in [0.4, 0.5) is 5.69 Å². The molecule has 0 fully saturated rings. The highest BCUT2D eigenvalue weighted by molar-refractivity contribution is 5.95. The number of rotatable bonds is 9. The quantitative estimate of drug-likeness (QED) is 0.720. The first-order chi connectivity index (χ1) is 11.9. The molecule has 138 valence electrons. The molecule has 6 heteroatoms. The zero-order chi connectivity index (χ0) is 18.8. The lowest BCUT2D eigenvalue weighted by molar-refractivity contribution is -0.139. The van der Waals surface area contributed by atoms with Gasteiger partial charge in [-0.25, -0.2) is 0 Å². The van der Waals surface area contributed by atoms with E-state index in [2.05, 4.69) is 10.6 Å². The Balaban J connectivity index is 2.47. The maximum atomic E-state index is 12.3. The molecular formula is C19H29N3O3. The molecule has 6 nitrogen and oxygen atoms in total. The van der Waals surface area contributed by atoms with Crippen LogP contribution in [-0.4, -0.2) is 42.3 Å². The Kier molecular flexibility index (Phi) is 8.67. The van der Waals surface area contributed by atoms with Gasteiger partial charge >= 0.3 is 0 Å². The highest BCUT2D eigenvalue weighted by Gasteiger charge is 2.21. The summed E-state index contributed by atoms with van der Waals surface area (Å²) in [7, 11) is 0. The molecule has 0 spiro atoms. The minimum Gasteiger partial charge on any atom is -0.345 e. The number of hydrogen-bond acceptors (Lipinski definition) is 3. The van der Waals surface area contributed by atoms with Crippen molar-refractivity contribution in [2.24, 2.45) is 5.92 Å². The standard InChI is InChI=1S/C19H29N3O3/c1-5-11-22(19(25)15(4)6-2)13-18(24)20-12-17(23)21-16-9-7-14(3)8-10-16/h7-10,15H,5-6,11-13H2,1-4H3,(H,20,24)(H,21,23). The second-order valence-electron chi connectivity index (χ2n) is 6.26. The first-order valence-corrected chi connectivity index (χ1v) is 8.79. The van der Waals surface area contributed by atoms with Crippen LogP contribution >= 0.6 is 0 Å². The van der Waals surface area contributed by atoms with E-state index in [1.165, 1.54) is 0 Å². The molecule has 2 N–H and O–H groups in total. The molecule has 25 heavy (non-hydrogen) atoms. The predicted octanol–water partition coefficient (Wildman–Crippen LogP) is 2.33. The van der Waals surface area contributed by atoms with Crippen molar-refractivity contribution in [3.05, 3.63) is 29.8 Å². The summed E-state index contributed by atoms with van der Waals surface area (Å²) >= 11 is 0. The third-order valence-electron chi connectivity index (χ3n) is 3.96. The second-order valence-corrected chi connectivity index (χ2v) is 6.26. The fraction of sp³-hybridized carbons (Fsp3) is 0.526. The Morgan fingerprint density at radius 2 is 1.72 bits per heavy atom. The van der Waals surface area contributed by atoms with E-state index in [4.69, 9.17) is 0 Å². The molecule has 0 aliphatic carbocycles. The van der Waals surface area contributed by atoms with E-state index in [-0.39, 0.29) is 36.7 Å². The molecular weight excluding hydrogens is 318 g/mol. The van der Waals surface area contributed by atoms with Gasteiger partial charge in [-0.3, -0.25) is 14.4 Å². The van der Waals surface area contributed by atoms with E-state index < -0.39 is 0 Å². The van der Waals surface area contributed by atoms with Gasteiger partial charge in [0.2, 0.25) is 17.7 Å². The summed E-state index contributed by atoms with van der Waals surface area (Å²) in [6.45, 7) is 8.13. The third kappa shape index (κ3) is 7.37. The van der Waals surface area contributed by atoms with Crippen LogP contribution in [0, 0.1) is 12.8 Å². The fourth-order valence-corrected chi connectivity index (χ4v) is 2.27. The van der Waals surface area contributed by atoms with Crippen LogP contribution in [-0.2, 0) is 14.4 Å². The zero-order valence-corrected chi connectivity index (χ0v) is 15.6. The van der Waals surface area contributed by atoms with E-state index in [1.807, 2.05) is 52.0 Å². The summed E-state index contributed by atoms with van der Waals surface area (Å²) in [4.78, 5) is 37.8. The maximum Gasteiger partial charge on any atom is 0.243 e. The molecule has 1 unspecified atom stereocenters. The number of nitrogens with zero attached hydrogens (tertiary/aromatic N) is 1. The molecule has 0 aliphatic heterocycles. The van der Waals surface area contributed by atoms with Crippen LogP contribution in [0.1, 0.15) is 39.2 Å². The van der Waals surface area contributed by atoms with Gasteiger partial charge in [-0.05, 0) is 31.9 Å². The Labute approximate surface area is 150 Å². The highest BCUT2D eigenvalue weighted by Crippen LogP contribution is 2.08. The molecule has 3 amide bonds. The summed E-state index contributed by atoms with van der Waals surface area (Å²) < 4.78 is 0. The van der Waals surface area contributed by atoms with Crippen LogP contribution in [0.15, 0.2) is 24.3 Å². The summed E-state index contributed by atoms with van der Waals surface area (Å²) in [5, 5.41) is 5.29. The van der Waals surface area contributed by atoms with E-state index in [0.717, 1.165) is 18.4 Å². The molecule has 0 saturated carbocycles. The van der Waals surface area contributed by atoms with E-state index >= 15 is 0 Å². The SMILES string of the molecule is CCCN(CC(=O)NCC(=O)Nc1ccc(C)cc1)C(=O)C(C)CC. The molecule has 1 aromatic carbocycles. The van der Waals surface area contributed by atoms with Gasteiger partial charge in [-0.15, -0.1) is 0 Å². The summed E-state index contributed by atoms with van der Waals surface area (Å²) in [6, 6.07) is 7.42. The smallest absolute Gasteiger partial charge is 0.243 e. The van der Waals surface area contributed by atoms with Crippen LogP contribution in [0.25, 0.3) is 0 Å². The minimum atomic E-state index is -0.329. The molecule has 0 heterocycles. The van der Waals surface area contributed by atoms with Crippen molar-refractivity contribution in [1.29, 1.82) is 0 Å². The van der Waals surface area contributed by atoms with Gasteiger partial charge in [0.1, 0.15) is 0 Å². The zero-order valence-electron chi connectivity index (χ0n) is 15.6. The molecule has 0 radical (unpaired) electrons. The highest BCUT2D eigenvalue weighted by atomic mass is 16.2. The van der Waals surface area contributed by atoms with Gasteiger partial charge in [0.25, 0.3) is 0 Å². The molecule has 1 rings (SSSR count). The number of benzene rings is 1. The second kappa shape index (κ2) is 10.5. The number of aryl methyl sites for hydroxylation is 1. The van der Waals surface area contributed by atoms with E-state index in [9.17, 15) is 14.4 Å². The Hall–Kier alpha value is -2.37. The average molecular weight is 347 g/mol. The maximum absolute atomic E-state index is 12.3. The molecule has 1 atom stereocenters.